The Morgan fingerprint density at radius 3 is 3.00 bits per heavy atom. The molecule has 0 saturated heterocycles. The molecule has 24 heavy (non-hydrogen) atoms. The van der Waals surface area contributed by atoms with Crippen molar-refractivity contribution in [1.29, 1.82) is 0 Å². The van der Waals surface area contributed by atoms with Gasteiger partial charge in [-0.3, -0.25) is 4.79 Å². The van der Waals surface area contributed by atoms with Crippen LogP contribution in [0, 0.1) is 6.92 Å². The van der Waals surface area contributed by atoms with E-state index in [0.29, 0.717) is 12.4 Å². The standard InChI is InChI=1S/C19H17N3O2/c1-13-5-3-9-22-12-16(21-18(13)22)14-6-2-7-15(11-14)20-19(23)17-8-4-10-24-17/h2-3,5-9,11-12H,4,10H2,1H3,(H,20,23). The number of hydrogen-bond donors (Lipinski definition) is 1. The van der Waals surface area contributed by atoms with Gasteiger partial charge in [0, 0.05) is 30.1 Å². The third kappa shape index (κ3) is 2.65. The Labute approximate surface area is 139 Å². The van der Waals surface area contributed by atoms with Crippen LogP contribution in [-0.2, 0) is 9.53 Å². The second-order valence-corrected chi connectivity index (χ2v) is 5.79. The number of pyridine rings is 1. The molecule has 1 aromatic carbocycles. The summed E-state index contributed by atoms with van der Waals surface area (Å²) in [6, 6.07) is 11.7. The number of aryl methyl sites for hydroxylation is 1. The molecular formula is C19H17N3O2. The normalized spacial score (nSPS) is 13.6. The number of amides is 1. The predicted molar refractivity (Wildman–Crippen MR) is 92.6 cm³/mol. The summed E-state index contributed by atoms with van der Waals surface area (Å²) >= 11 is 0. The lowest BCUT2D eigenvalue weighted by atomic mass is 10.1. The highest BCUT2D eigenvalue weighted by Crippen LogP contribution is 2.24. The zero-order valence-electron chi connectivity index (χ0n) is 13.3. The summed E-state index contributed by atoms with van der Waals surface area (Å²) in [6.07, 6.45) is 6.56. The number of nitrogens with one attached hydrogen (secondary N) is 1. The van der Waals surface area contributed by atoms with Crippen LogP contribution >= 0.6 is 0 Å². The summed E-state index contributed by atoms with van der Waals surface area (Å²) in [5.41, 5.74) is 4.61. The maximum atomic E-state index is 12.1. The van der Waals surface area contributed by atoms with Crippen molar-refractivity contribution in [2.24, 2.45) is 0 Å². The first-order valence-electron chi connectivity index (χ1n) is 7.90. The molecule has 0 fully saturated rings. The van der Waals surface area contributed by atoms with Crippen molar-refractivity contribution in [2.75, 3.05) is 11.9 Å². The molecule has 3 aromatic rings. The highest BCUT2D eigenvalue weighted by Gasteiger charge is 2.15. The fraction of sp³-hybridized carbons (Fsp3) is 0.158. The summed E-state index contributed by atoms with van der Waals surface area (Å²) in [5, 5.41) is 2.87. The van der Waals surface area contributed by atoms with Gasteiger partial charge < -0.3 is 14.5 Å². The van der Waals surface area contributed by atoms with Crippen molar-refractivity contribution in [1.82, 2.24) is 9.38 Å². The summed E-state index contributed by atoms with van der Waals surface area (Å²) in [7, 11) is 0. The fourth-order valence-corrected chi connectivity index (χ4v) is 2.82. The minimum atomic E-state index is -0.213. The molecule has 0 aliphatic carbocycles. The number of ether oxygens (including phenoxy) is 1. The molecule has 0 unspecified atom stereocenters. The first-order chi connectivity index (χ1) is 11.7. The second-order valence-electron chi connectivity index (χ2n) is 5.79. The molecule has 0 atom stereocenters. The molecule has 2 aromatic heterocycles. The van der Waals surface area contributed by atoms with E-state index in [-0.39, 0.29) is 5.91 Å². The van der Waals surface area contributed by atoms with Crippen molar-refractivity contribution >= 4 is 17.2 Å². The first kappa shape index (κ1) is 14.5. The van der Waals surface area contributed by atoms with Gasteiger partial charge in [0.05, 0.1) is 12.3 Å². The number of rotatable bonds is 3. The van der Waals surface area contributed by atoms with Gasteiger partial charge in [-0.15, -0.1) is 0 Å². The van der Waals surface area contributed by atoms with E-state index < -0.39 is 0 Å². The quantitative estimate of drug-likeness (QED) is 0.803. The molecule has 0 radical (unpaired) electrons. The molecule has 1 amide bonds. The van der Waals surface area contributed by atoms with E-state index >= 15 is 0 Å². The summed E-state index contributed by atoms with van der Waals surface area (Å²) in [6.45, 7) is 2.61. The number of benzene rings is 1. The van der Waals surface area contributed by atoms with E-state index in [2.05, 4.69) is 5.32 Å². The number of imidazole rings is 1. The Morgan fingerprint density at radius 1 is 1.29 bits per heavy atom. The average Bonchev–Trinajstić information content (AvgIpc) is 3.25. The van der Waals surface area contributed by atoms with Crippen LogP contribution in [0.25, 0.3) is 16.9 Å². The number of carbonyl (C=O) groups is 1. The molecule has 0 bridgehead atoms. The third-order valence-electron chi connectivity index (χ3n) is 4.02. The maximum Gasteiger partial charge on any atom is 0.290 e. The van der Waals surface area contributed by atoms with E-state index in [0.717, 1.165) is 34.6 Å². The third-order valence-corrected chi connectivity index (χ3v) is 4.02. The lowest BCUT2D eigenvalue weighted by molar-refractivity contribution is -0.115. The van der Waals surface area contributed by atoms with Crippen LogP contribution < -0.4 is 5.32 Å². The maximum absolute atomic E-state index is 12.1. The Balaban J connectivity index is 1.64. The number of anilines is 1. The molecule has 120 valence electrons. The Morgan fingerprint density at radius 2 is 2.21 bits per heavy atom. The smallest absolute Gasteiger partial charge is 0.290 e. The van der Waals surface area contributed by atoms with Crippen LogP contribution in [0.1, 0.15) is 12.0 Å². The lowest BCUT2D eigenvalue weighted by Crippen LogP contribution is -2.14. The van der Waals surface area contributed by atoms with Crippen molar-refractivity contribution in [3.05, 3.63) is 66.2 Å². The molecule has 4 rings (SSSR count). The molecule has 0 saturated carbocycles. The van der Waals surface area contributed by atoms with Gasteiger partial charge in [-0.1, -0.05) is 18.2 Å². The fourth-order valence-electron chi connectivity index (χ4n) is 2.82. The monoisotopic (exact) mass is 319 g/mol. The van der Waals surface area contributed by atoms with Crippen LogP contribution in [0.15, 0.2) is 60.6 Å². The minimum absolute atomic E-state index is 0.213. The molecule has 1 aliphatic rings. The van der Waals surface area contributed by atoms with E-state index in [1.54, 1.807) is 0 Å². The molecule has 5 heteroatoms. The molecule has 5 nitrogen and oxygen atoms in total. The average molecular weight is 319 g/mol. The van der Waals surface area contributed by atoms with Gasteiger partial charge in [0.1, 0.15) is 5.65 Å². The number of fused-ring (bicyclic) bond motifs is 1. The topological polar surface area (TPSA) is 55.6 Å². The first-order valence-corrected chi connectivity index (χ1v) is 7.90. The van der Waals surface area contributed by atoms with E-state index in [9.17, 15) is 4.79 Å². The van der Waals surface area contributed by atoms with Crippen molar-refractivity contribution in [3.63, 3.8) is 0 Å². The van der Waals surface area contributed by atoms with Crippen molar-refractivity contribution < 1.29 is 9.53 Å². The number of carbonyl (C=O) groups excluding carboxylic acids is 1. The number of hydrogen-bond acceptors (Lipinski definition) is 3. The SMILES string of the molecule is Cc1cccn2cc(-c3cccc(NC(=O)C4=CCCO4)c3)nc12. The van der Waals surface area contributed by atoms with Gasteiger partial charge in [-0.25, -0.2) is 4.98 Å². The van der Waals surface area contributed by atoms with Crippen LogP contribution in [0.3, 0.4) is 0 Å². The summed E-state index contributed by atoms with van der Waals surface area (Å²) in [4.78, 5) is 16.8. The predicted octanol–water partition coefficient (Wildman–Crippen LogP) is 3.55. The van der Waals surface area contributed by atoms with E-state index in [1.807, 2.05) is 66.2 Å². The van der Waals surface area contributed by atoms with Crippen molar-refractivity contribution in [3.8, 4) is 11.3 Å². The molecule has 0 spiro atoms. The van der Waals surface area contributed by atoms with Crippen LogP contribution in [0.5, 0.6) is 0 Å². The summed E-state index contributed by atoms with van der Waals surface area (Å²) < 4.78 is 7.30. The molecule has 1 N–H and O–H groups in total. The van der Waals surface area contributed by atoms with Gasteiger partial charge in [0.2, 0.25) is 0 Å². The second kappa shape index (κ2) is 5.85. The van der Waals surface area contributed by atoms with Crippen LogP contribution in [0.4, 0.5) is 5.69 Å². The van der Waals surface area contributed by atoms with E-state index in [1.165, 1.54) is 0 Å². The van der Waals surface area contributed by atoms with Crippen LogP contribution in [-0.4, -0.2) is 21.9 Å². The van der Waals surface area contributed by atoms with Gasteiger partial charge in [0.15, 0.2) is 5.76 Å². The largest absolute Gasteiger partial charge is 0.488 e. The van der Waals surface area contributed by atoms with Crippen LogP contribution in [0.2, 0.25) is 0 Å². The van der Waals surface area contributed by atoms with E-state index in [4.69, 9.17) is 9.72 Å². The molecular weight excluding hydrogens is 302 g/mol. The highest BCUT2D eigenvalue weighted by molar-refractivity contribution is 6.02. The zero-order chi connectivity index (χ0) is 16.5. The van der Waals surface area contributed by atoms with Gasteiger partial charge in [-0.05, 0) is 36.8 Å². The van der Waals surface area contributed by atoms with Gasteiger partial charge in [-0.2, -0.15) is 0 Å². The zero-order valence-corrected chi connectivity index (χ0v) is 13.3. The molecule has 1 aliphatic heterocycles. The highest BCUT2D eigenvalue weighted by atomic mass is 16.5. The minimum Gasteiger partial charge on any atom is -0.488 e. The Bertz CT molecular complexity index is 956. The number of aromatic nitrogens is 2. The lowest BCUT2D eigenvalue weighted by Gasteiger charge is -2.07. The van der Waals surface area contributed by atoms with Gasteiger partial charge >= 0.3 is 0 Å². The summed E-state index contributed by atoms with van der Waals surface area (Å²) in [5.74, 6) is 0.180. The van der Waals surface area contributed by atoms with Gasteiger partial charge in [0.25, 0.3) is 5.91 Å². The number of nitrogens with zero attached hydrogens (tertiary/aromatic N) is 2. The van der Waals surface area contributed by atoms with Crippen molar-refractivity contribution in [2.45, 2.75) is 13.3 Å². The Hall–Kier alpha value is -3.08. The molecule has 3 heterocycles. The Kier molecular flexibility index (Phi) is 3.54.